The molecule has 0 aliphatic rings. The lowest BCUT2D eigenvalue weighted by molar-refractivity contribution is -0.130. The van der Waals surface area contributed by atoms with Crippen LogP contribution < -0.4 is 10.6 Å². The van der Waals surface area contributed by atoms with Crippen LogP contribution in [0, 0.1) is 5.92 Å². The fourth-order valence-corrected chi connectivity index (χ4v) is 3.11. The fourth-order valence-electron chi connectivity index (χ4n) is 2.69. The molecule has 0 saturated carbocycles. The van der Waals surface area contributed by atoms with E-state index in [1.54, 1.807) is 0 Å². The molecule has 2 N–H and O–H groups in total. The highest BCUT2D eigenvalue weighted by atomic mass is 79.9. The summed E-state index contributed by atoms with van der Waals surface area (Å²) in [4.78, 5) is 25.1. The highest BCUT2D eigenvalue weighted by Gasteiger charge is 2.24. The molecule has 2 amide bonds. The summed E-state index contributed by atoms with van der Waals surface area (Å²) in [6.07, 6.45) is 0.387. The second-order valence-corrected chi connectivity index (χ2v) is 7.71. The van der Waals surface area contributed by atoms with E-state index >= 15 is 0 Å². The summed E-state index contributed by atoms with van der Waals surface area (Å²) in [7, 11) is 0. The van der Waals surface area contributed by atoms with E-state index in [1.165, 1.54) is 0 Å². The third-order valence-electron chi connectivity index (χ3n) is 4.00. The third kappa shape index (κ3) is 5.99. The maximum atomic E-state index is 12.9. The van der Waals surface area contributed by atoms with E-state index in [0.29, 0.717) is 6.42 Å². The van der Waals surface area contributed by atoms with Crippen LogP contribution in [0.15, 0.2) is 59.1 Å². The number of hydrogen-bond acceptors (Lipinski definition) is 2. The van der Waals surface area contributed by atoms with Gasteiger partial charge in [-0.25, -0.2) is 0 Å². The molecule has 0 spiro atoms. The van der Waals surface area contributed by atoms with Crippen molar-refractivity contribution in [3.05, 3.63) is 70.2 Å². The number of carbonyl (C=O) groups is 2. The van der Waals surface area contributed by atoms with Crippen LogP contribution in [-0.4, -0.2) is 11.8 Å². The SMILES string of the molecule is CC(C)CC(=O)NC(C(=O)NC(C)c1cccc(Br)c1)c1ccccc1. The Morgan fingerprint density at radius 2 is 1.58 bits per heavy atom. The van der Waals surface area contributed by atoms with Crippen molar-refractivity contribution >= 4 is 27.7 Å². The molecule has 0 fully saturated rings. The summed E-state index contributed by atoms with van der Waals surface area (Å²) >= 11 is 3.45. The van der Waals surface area contributed by atoms with E-state index in [-0.39, 0.29) is 23.8 Å². The summed E-state index contributed by atoms with van der Waals surface area (Å²) in [5, 5.41) is 5.88. The maximum absolute atomic E-state index is 12.9. The molecule has 0 heterocycles. The molecule has 138 valence electrons. The molecule has 0 bridgehead atoms. The number of hydrogen-bond donors (Lipinski definition) is 2. The van der Waals surface area contributed by atoms with E-state index in [4.69, 9.17) is 0 Å². The van der Waals surface area contributed by atoms with Crippen molar-refractivity contribution in [1.82, 2.24) is 10.6 Å². The van der Waals surface area contributed by atoms with Crippen molar-refractivity contribution in [2.45, 2.75) is 39.3 Å². The first-order valence-corrected chi connectivity index (χ1v) is 9.56. The van der Waals surface area contributed by atoms with Gasteiger partial charge in [0.25, 0.3) is 0 Å². The Kier molecular flexibility index (Phi) is 7.39. The standard InChI is InChI=1S/C21H25BrN2O2/c1-14(2)12-19(25)24-20(16-8-5-4-6-9-16)21(26)23-15(3)17-10-7-11-18(22)13-17/h4-11,13-15,20H,12H2,1-3H3,(H,23,26)(H,24,25). The van der Waals surface area contributed by atoms with Gasteiger partial charge >= 0.3 is 0 Å². The molecular weight excluding hydrogens is 392 g/mol. The number of rotatable bonds is 7. The Labute approximate surface area is 163 Å². The molecule has 0 aliphatic carbocycles. The van der Waals surface area contributed by atoms with Gasteiger partial charge in [0, 0.05) is 10.9 Å². The number of nitrogens with one attached hydrogen (secondary N) is 2. The molecule has 2 atom stereocenters. The summed E-state index contributed by atoms with van der Waals surface area (Å²) in [5.41, 5.74) is 1.76. The Bertz CT molecular complexity index is 747. The van der Waals surface area contributed by atoms with Crippen molar-refractivity contribution < 1.29 is 9.59 Å². The van der Waals surface area contributed by atoms with Crippen LogP contribution in [0.4, 0.5) is 0 Å². The largest absolute Gasteiger partial charge is 0.347 e. The predicted octanol–water partition coefficient (Wildman–Crippen LogP) is 4.53. The smallest absolute Gasteiger partial charge is 0.247 e. The number of benzene rings is 2. The summed E-state index contributed by atoms with van der Waals surface area (Å²) in [6.45, 7) is 5.89. The molecule has 5 heteroatoms. The number of amides is 2. The van der Waals surface area contributed by atoms with Crippen LogP contribution in [-0.2, 0) is 9.59 Å². The van der Waals surface area contributed by atoms with Crippen LogP contribution in [0.25, 0.3) is 0 Å². The first-order chi connectivity index (χ1) is 12.4. The van der Waals surface area contributed by atoms with Gasteiger partial charge in [-0.05, 0) is 36.1 Å². The van der Waals surface area contributed by atoms with E-state index in [9.17, 15) is 9.59 Å². The van der Waals surface area contributed by atoms with Crippen molar-refractivity contribution in [2.24, 2.45) is 5.92 Å². The lowest BCUT2D eigenvalue weighted by Gasteiger charge is -2.22. The molecule has 0 saturated heterocycles. The van der Waals surface area contributed by atoms with Gasteiger partial charge in [-0.1, -0.05) is 72.2 Å². The zero-order valence-electron chi connectivity index (χ0n) is 15.3. The number of halogens is 1. The Morgan fingerprint density at radius 3 is 2.19 bits per heavy atom. The molecule has 2 aromatic rings. The molecule has 2 unspecified atom stereocenters. The van der Waals surface area contributed by atoms with Gasteiger partial charge < -0.3 is 10.6 Å². The normalized spacial score (nSPS) is 13.1. The first-order valence-electron chi connectivity index (χ1n) is 8.77. The second-order valence-electron chi connectivity index (χ2n) is 6.79. The topological polar surface area (TPSA) is 58.2 Å². The third-order valence-corrected chi connectivity index (χ3v) is 4.49. The Morgan fingerprint density at radius 1 is 0.923 bits per heavy atom. The first kappa shape index (κ1) is 20.2. The van der Waals surface area contributed by atoms with E-state index in [0.717, 1.165) is 15.6 Å². The molecule has 4 nitrogen and oxygen atoms in total. The van der Waals surface area contributed by atoms with Crippen LogP contribution >= 0.6 is 15.9 Å². The van der Waals surface area contributed by atoms with E-state index < -0.39 is 6.04 Å². The van der Waals surface area contributed by atoms with Gasteiger partial charge in [0.15, 0.2) is 0 Å². The fraction of sp³-hybridized carbons (Fsp3) is 0.333. The van der Waals surface area contributed by atoms with E-state index in [2.05, 4.69) is 26.6 Å². The van der Waals surface area contributed by atoms with Gasteiger partial charge in [0.05, 0.1) is 6.04 Å². The molecule has 26 heavy (non-hydrogen) atoms. The summed E-state index contributed by atoms with van der Waals surface area (Å²) in [6, 6.07) is 16.2. The zero-order valence-corrected chi connectivity index (χ0v) is 16.9. The molecule has 0 aliphatic heterocycles. The van der Waals surface area contributed by atoms with Crippen LogP contribution in [0.2, 0.25) is 0 Å². The average molecular weight is 417 g/mol. The molecule has 0 radical (unpaired) electrons. The minimum atomic E-state index is -0.711. The monoisotopic (exact) mass is 416 g/mol. The van der Waals surface area contributed by atoms with Crippen molar-refractivity contribution in [3.8, 4) is 0 Å². The van der Waals surface area contributed by atoms with Gasteiger partial charge in [-0.3, -0.25) is 9.59 Å². The minimum absolute atomic E-state index is 0.126. The number of carbonyl (C=O) groups excluding carboxylic acids is 2. The van der Waals surface area contributed by atoms with Crippen molar-refractivity contribution in [2.75, 3.05) is 0 Å². The molecule has 0 aromatic heterocycles. The highest BCUT2D eigenvalue weighted by molar-refractivity contribution is 9.10. The lowest BCUT2D eigenvalue weighted by Crippen LogP contribution is -2.41. The average Bonchev–Trinajstić information content (AvgIpc) is 2.59. The minimum Gasteiger partial charge on any atom is -0.347 e. The van der Waals surface area contributed by atoms with Crippen molar-refractivity contribution in [3.63, 3.8) is 0 Å². The molecule has 2 aromatic carbocycles. The Balaban J connectivity index is 2.16. The van der Waals surface area contributed by atoms with Crippen LogP contribution in [0.3, 0.4) is 0 Å². The maximum Gasteiger partial charge on any atom is 0.247 e. The van der Waals surface area contributed by atoms with Gasteiger partial charge in [0.1, 0.15) is 6.04 Å². The van der Waals surface area contributed by atoms with Crippen LogP contribution in [0.5, 0.6) is 0 Å². The summed E-state index contributed by atoms with van der Waals surface area (Å²) < 4.78 is 0.959. The molecular formula is C21H25BrN2O2. The van der Waals surface area contributed by atoms with E-state index in [1.807, 2.05) is 75.4 Å². The highest BCUT2D eigenvalue weighted by Crippen LogP contribution is 2.20. The Hall–Kier alpha value is -2.14. The summed E-state index contributed by atoms with van der Waals surface area (Å²) in [5.74, 6) is -0.116. The zero-order chi connectivity index (χ0) is 19.1. The lowest BCUT2D eigenvalue weighted by atomic mass is 10.0. The second kappa shape index (κ2) is 9.53. The quantitative estimate of drug-likeness (QED) is 0.696. The molecule has 2 rings (SSSR count). The van der Waals surface area contributed by atoms with Crippen LogP contribution in [0.1, 0.15) is 50.4 Å². The van der Waals surface area contributed by atoms with Gasteiger partial charge in [0.2, 0.25) is 11.8 Å². The van der Waals surface area contributed by atoms with Gasteiger partial charge in [-0.2, -0.15) is 0 Å². The van der Waals surface area contributed by atoms with Crippen molar-refractivity contribution in [1.29, 1.82) is 0 Å². The predicted molar refractivity (Wildman–Crippen MR) is 107 cm³/mol. The van der Waals surface area contributed by atoms with Gasteiger partial charge in [-0.15, -0.1) is 0 Å².